The maximum atomic E-state index is 12.4. The van der Waals surface area contributed by atoms with Crippen molar-refractivity contribution in [2.75, 3.05) is 28.8 Å². The summed E-state index contributed by atoms with van der Waals surface area (Å²) in [5.74, 6) is 0.408. The fourth-order valence-electron chi connectivity index (χ4n) is 2.46. The van der Waals surface area contributed by atoms with Crippen LogP contribution in [0.5, 0.6) is 0 Å². The first kappa shape index (κ1) is 19.1. The van der Waals surface area contributed by atoms with Gasteiger partial charge in [-0.1, -0.05) is 24.3 Å². The largest absolute Gasteiger partial charge is 0.325 e. The van der Waals surface area contributed by atoms with Crippen LogP contribution in [-0.2, 0) is 9.59 Å². The van der Waals surface area contributed by atoms with Crippen molar-refractivity contribution in [2.24, 2.45) is 0 Å². The van der Waals surface area contributed by atoms with Crippen molar-refractivity contribution >= 4 is 35.0 Å². The molecule has 0 saturated heterocycles. The second kappa shape index (κ2) is 8.72. The molecule has 5 heteroatoms. The molecule has 132 valence electrons. The molecule has 0 bridgehead atoms. The fourth-order valence-corrected chi connectivity index (χ4v) is 3.19. The number of hydrogen-bond acceptors (Lipinski definition) is 3. The number of thioether (sulfide) groups is 1. The summed E-state index contributed by atoms with van der Waals surface area (Å²) < 4.78 is 0. The van der Waals surface area contributed by atoms with Crippen LogP contribution in [-0.4, -0.2) is 30.4 Å². The molecule has 0 spiro atoms. The Morgan fingerprint density at radius 1 is 1.00 bits per heavy atom. The lowest BCUT2D eigenvalue weighted by Crippen LogP contribution is -2.29. The third kappa shape index (κ3) is 5.64. The molecule has 0 aliphatic heterocycles. The summed E-state index contributed by atoms with van der Waals surface area (Å²) in [6, 6.07) is 13.7. The van der Waals surface area contributed by atoms with Crippen molar-refractivity contribution in [1.29, 1.82) is 0 Å². The predicted octanol–water partition coefficient (Wildman–Crippen LogP) is 3.95. The SMILES string of the molecule is Cc1cccc(NC(=O)CSCC(=O)N(C)c2cc(C)ccc2C)c1. The van der Waals surface area contributed by atoms with Gasteiger partial charge in [0.05, 0.1) is 11.5 Å². The van der Waals surface area contributed by atoms with Gasteiger partial charge >= 0.3 is 0 Å². The normalized spacial score (nSPS) is 10.4. The number of carbonyl (C=O) groups is 2. The van der Waals surface area contributed by atoms with E-state index in [9.17, 15) is 9.59 Å². The second-order valence-corrected chi connectivity index (χ2v) is 7.14. The van der Waals surface area contributed by atoms with E-state index in [0.29, 0.717) is 0 Å². The minimum atomic E-state index is -0.0993. The predicted molar refractivity (Wildman–Crippen MR) is 106 cm³/mol. The number of amides is 2. The van der Waals surface area contributed by atoms with Crippen LogP contribution >= 0.6 is 11.8 Å². The molecule has 0 aliphatic carbocycles. The highest BCUT2D eigenvalue weighted by Crippen LogP contribution is 2.21. The smallest absolute Gasteiger partial charge is 0.236 e. The first-order valence-electron chi connectivity index (χ1n) is 8.15. The van der Waals surface area contributed by atoms with Gasteiger partial charge in [-0.15, -0.1) is 11.8 Å². The Balaban J connectivity index is 1.83. The zero-order valence-electron chi connectivity index (χ0n) is 15.1. The van der Waals surface area contributed by atoms with Crippen LogP contribution in [0.15, 0.2) is 42.5 Å². The summed E-state index contributed by atoms with van der Waals surface area (Å²) in [6.45, 7) is 5.97. The lowest BCUT2D eigenvalue weighted by molar-refractivity contribution is -0.115. The van der Waals surface area contributed by atoms with Gasteiger partial charge in [0.25, 0.3) is 0 Å². The summed E-state index contributed by atoms with van der Waals surface area (Å²) in [5.41, 5.74) is 4.96. The van der Waals surface area contributed by atoms with Gasteiger partial charge in [0, 0.05) is 18.4 Å². The molecule has 0 aromatic heterocycles. The van der Waals surface area contributed by atoms with Gasteiger partial charge in [-0.25, -0.2) is 0 Å². The zero-order chi connectivity index (χ0) is 18.4. The Morgan fingerprint density at radius 3 is 2.44 bits per heavy atom. The van der Waals surface area contributed by atoms with Crippen molar-refractivity contribution in [1.82, 2.24) is 0 Å². The molecule has 0 saturated carbocycles. The standard InChI is InChI=1S/C20H24N2O2S/c1-14-6-5-7-17(10-14)21-19(23)12-25-13-20(24)22(4)18-11-15(2)8-9-16(18)3/h5-11H,12-13H2,1-4H3,(H,21,23). The molecule has 25 heavy (non-hydrogen) atoms. The Bertz CT molecular complexity index is 774. The molecule has 2 aromatic rings. The molecule has 0 fully saturated rings. The van der Waals surface area contributed by atoms with Crippen molar-refractivity contribution in [3.63, 3.8) is 0 Å². The van der Waals surface area contributed by atoms with Gasteiger partial charge in [0.2, 0.25) is 11.8 Å². The minimum absolute atomic E-state index is 0.0120. The highest BCUT2D eigenvalue weighted by atomic mass is 32.2. The number of nitrogens with one attached hydrogen (secondary N) is 1. The molecule has 2 amide bonds. The summed E-state index contributed by atoms with van der Waals surface area (Å²) >= 11 is 1.32. The number of hydrogen-bond donors (Lipinski definition) is 1. The van der Waals surface area contributed by atoms with Crippen molar-refractivity contribution < 1.29 is 9.59 Å². The molecule has 0 atom stereocenters. The highest BCUT2D eigenvalue weighted by Gasteiger charge is 2.14. The summed E-state index contributed by atoms with van der Waals surface area (Å²) in [7, 11) is 1.78. The lowest BCUT2D eigenvalue weighted by Gasteiger charge is -2.20. The van der Waals surface area contributed by atoms with E-state index in [2.05, 4.69) is 5.32 Å². The summed E-state index contributed by atoms with van der Waals surface area (Å²) in [6.07, 6.45) is 0. The monoisotopic (exact) mass is 356 g/mol. The van der Waals surface area contributed by atoms with Crippen LogP contribution in [0.4, 0.5) is 11.4 Å². The van der Waals surface area contributed by atoms with E-state index in [0.717, 1.165) is 28.1 Å². The van der Waals surface area contributed by atoms with Gasteiger partial charge in [-0.2, -0.15) is 0 Å². The van der Waals surface area contributed by atoms with Crippen LogP contribution in [0, 0.1) is 20.8 Å². The van der Waals surface area contributed by atoms with Crippen molar-refractivity contribution in [3.8, 4) is 0 Å². The average molecular weight is 356 g/mol. The van der Waals surface area contributed by atoms with E-state index in [1.807, 2.05) is 63.2 Å². The maximum Gasteiger partial charge on any atom is 0.236 e. The van der Waals surface area contributed by atoms with Crippen molar-refractivity contribution in [2.45, 2.75) is 20.8 Å². The van der Waals surface area contributed by atoms with E-state index >= 15 is 0 Å². The first-order valence-corrected chi connectivity index (χ1v) is 9.30. The van der Waals surface area contributed by atoms with Crippen LogP contribution in [0.3, 0.4) is 0 Å². The highest BCUT2D eigenvalue weighted by molar-refractivity contribution is 8.00. The van der Waals surface area contributed by atoms with Gasteiger partial charge in [0.1, 0.15) is 0 Å². The molecule has 0 aliphatic rings. The van der Waals surface area contributed by atoms with E-state index in [4.69, 9.17) is 0 Å². The molecule has 2 aromatic carbocycles. The number of aryl methyl sites for hydroxylation is 3. The molecule has 2 rings (SSSR count). The topological polar surface area (TPSA) is 49.4 Å². The van der Waals surface area contributed by atoms with Crippen LogP contribution in [0.2, 0.25) is 0 Å². The molecular formula is C20H24N2O2S. The molecule has 1 N–H and O–H groups in total. The number of anilines is 2. The van der Waals surface area contributed by atoms with Gasteiger partial charge in [-0.3, -0.25) is 9.59 Å². The molecule has 0 radical (unpaired) electrons. The number of rotatable bonds is 6. The first-order chi connectivity index (χ1) is 11.9. The Labute approximate surface area is 153 Å². The number of nitrogens with zero attached hydrogens (tertiary/aromatic N) is 1. The van der Waals surface area contributed by atoms with Gasteiger partial charge < -0.3 is 10.2 Å². The second-order valence-electron chi connectivity index (χ2n) is 6.15. The van der Waals surface area contributed by atoms with Crippen molar-refractivity contribution in [3.05, 3.63) is 59.2 Å². The van der Waals surface area contributed by atoms with Crippen LogP contribution < -0.4 is 10.2 Å². The van der Waals surface area contributed by atoms with Gasteiger partial charge in [-0.05, 0) is 55.7 Å². The fraction of sp³-hybridized carbons (Fsp3) is 0.300. The minimum Gasteiger partial charge on any atom is -0.325 e. The maximum absolute atomic E-state index is 12.4. The average Bonchev–Trinajstić information content (AvgIpc) is 2.56. The summed E-state index contributed by atoms with van der Waals surface area (Å²) in [4.78, 5) is 26.0. The number of carbonyl (C=O) groups excluding carboxylic acids is 2. The van der Waals surface area contributed by atoms with E-state index in [1.165, 1.54) is 11.8 Å². The lowest BCUT2D eigenvalue weighted by atomic mass is 10.1. The third-order valence-corrected chi connectivity index (χ3v) is 4.78. The Kier molecular flexibility index (Phi) is 6.65. The Hall–Kier alpha value is -2.27. The molecule has 4 nitrogen and oxygen atoms in total. The molecule has 0 unspecified atom stereocenters. The quantitative estimate of drug-likeness (QED) is 0.853. The van der Waals surface area contributed by atoms with Gasteiger partial charge in [0.15, 0.2) is 0 Å². The molecule has 0 heterocycles. The van der Waals surface area contributed by atoms with E-state index in [-0.39, 0.29) is 23.3 Å². The zero-order valence-corrected chi connectivity index (χ0v) is 15.9. The molecular weight excluding hydrogens is 332 g/mol. The number of benzene rings is 2. The Morgan fingerprint density at radius 2 is 1.72 bits per heavy atom. The van der Waals surface area contributed by atoms with E-state index in [1.54, 1.807) is 11.9 Å². The van der Waals surface area contributed by atoms with Crippen LogP contribution in [0.25, 0.3) is 0 Å². The summed E-state index contributed by atoms with van der Waals surface area (Å²) in [5, 5.41) is 2.85. The van der Waals surface area contributed by atoms with E-state index < -0.39 is 0 Å². The third-order valence-electron chi connectivity index (χ3n) is 3.86. The van der Waals surface area contributed by atoms with Crippen LogP contribution in [0.1, 0.15) is 16.7 Å².